The molecule has 1 spiro atoms. The van der Waals surface area contributed by atoms with Gasteiger partial charge in [-0.3, -0.25) is 0 Å². The number of ether oxygens (including phenoxy) is 2. The van der Waals surface area contributed by atoms with Crippen LogP contribution in [0.2, 0.25) is 0 Å². The van der Waals surface area contributed by atoms with Crippen LogP contribution in [0.3, 0.4) is 0 Å². The first-order chi connectivity index (χ1) is 8.94. The molecule has 2 rings (SSSR count). The van der Waals surface area contributed by atoms with E-state index in [1.807, 2.05) is 0 Å². The second-order valence-corrected chi connectivity index (χ2v) is 7.56. The summed E-state index contributed by atoms with van der Waals surface area (Å²) in [6.07, 6.45) is 5.80. The molecule has 2 saturated heterocycles. The zero-order chi connectivity index (χ0) is 13.9. The monoisotopic (exact) mass is 269 g/mol. The van der Waals surface area contributed by atoms with Crippen molar-refractivity contribution < 1.29 is 9.47 Å². The lowest BCUT2D eigenvalue weighted by molar-refractivity contribution is -0.150. The molecule has 0 amide bonds. The molecule has 3 nitrogen and oxygen atoms in total. The van der Waals surface area contributed by atoms with E-state index in [-0.39, 0.29) is 5.60 Å². The van der Waals surface area contributed by atoms with Gasteiger partial charge in [0.05, 0.1) is 5.60 Å². The molecule has 2 aliphatic rings. The minimum absolute atomic E-state index is 0.119. The second kappa shape index (κ2) is 6.11. The summed E-state index contributed by atoms with van der Waals surface area (Å²) in [5, 5.41) is 3.56. The van der Waals surface area contributed by atoms with E-state index in [0.717, 1.165) is 38.6 Å². The summed E-state index contributed by atoms with van der Waals surface area (Å²) in [6.45, 7) is 9.67. The topological polar surface area (TPSA) is 30.5 Å². The van der Waals surface area contributed by atoms with Gasteiger partial charge in [0.25, 0.3) is 0 Å². The summed E-state index contributed by atoms with van der Waals surface area (Å²) in [5.41, 5.74) is 0.503. The smallest absolute Gasteiger partial charge is 0.0729 e. The van der Waals surface area contributed by atoms with E-state index in [1.165, 1.54) is 19.3 Å². The van der Waals surface area contributed by atoms with Crippen molar-refractivity contribution in [3.05, 3.63) is 0 Å². The van der Waals surface area contributed by atoms with Crippen molar-refractivity contribution >= 4 is 0 Å². The molecule has 0 bridgehead atoms. The molecule has 2 atom stereocenters. The number of rotatable bonds is 3. The molecule has 0 saturated carbocycles. The fraction of sp³-hybridized carbons (Fsp3) is 1.00. The Morgan fingerprint density at radius 1 is 1.21 bits per heavy atom. The zero-order valence-corrected chi connectivity index (χ0v) is 13.1. The van der Waals surface area contributed by atoms with E-state index >= 15 is 0 Å². The van der Waals surface area contributed by atoms with E-state index in [2.05, 4.69) is 33.1 Å². The van der Waals surface area contributed by atoms with Gasteiger partial charge in [-0.15, -0.1) is 0 Å². The molecular formula is C16H31NO2. The van der Waals surface area contributed by atoms with Gasteiger partial charge in [-0.1, -0.05) is 20.8 Å². The molecule has 112 valence electrons. The van der Waals surface area contributed by atoms with Crippen LogP contribution < -0.4 is 5.32 Å². The predicted molar refractivity (Wildman–Crippen MR) is 78.4 cm³/mol. The highest BCUT2D eigenvalue weighted by Gasteiger charge is 2.41. The Morgan fingerprint density at radius 3 is 2.47 bits per heavy atom. The lowest BCUT2D eigenvalue weighted by atomic mass is 9.74. The van der Waals surface area contributed by atoms with Crippen LogP contribution in [0.4, 0.5) is 0 Å². The zero-order valence-electron chi connectivity index (χ0n) is 13.1. The van der Waals surface area contributed by atoms with E-state index in [9.17, 15) is 0 Å². The minimum atomic E-state index is 0.119. The molecule has 0 aromatic rings. The maximum Gasteiger partial charge on any atom is 0.0729 e. The molecule has 19 heavy (non-hydrogen) atoms. The summed E-state index contributed by atoms with van der Waals surface area (Å²) in [7, 11) is 2.11. The van der Waals surface area contributed by atoms with Crippen LogP contribution in [0, 0.1) is 11.3 Å². The normalized spacial score (nSPS) is 29.4. The third-order valence-electron chi connectivity index (χ3n) is 4.71. The Hall–Kier alpha value is -0.120. The first kappa shape index (κ1) is 15.3. The van der Waals surface area contributed by atoms with Gasteiger partial charge in [0.15, 0.2) is 0 Å². The fourth-order valence-corrected chi connectivity index (χ4v) is 3.67. The average Bonchev–Trinajstić information content (AvgIpc) is 2.36. The van der Waals surface area contributed by atoms with Crippen molar-refractivity contribution in [3.8, 4) is 0 Å². The van der Waals surface area contributed by atoms with Crippen molar-refractivity contribution in [3.63, 3.8) is 0 Å². The highest BCUT2D eigenvalue weighted by molar-refractivity contribution is 4.93. The highest BCUT2D eigenvalue weighted by Crippen LogP contribution is 2.40. The molecular weight excluding hydrogens is 238 g/mol. The Morgan fingerprint density at radius 2 is 1.89 bits per heavy atom. The maximum atomic E-state index is 6.15. The Bertz CT molecular complexity index is 273. The quantitative estimate of drug-likeness (QED) is 0.854. The molecule has 0 aromatic carbocycles. The van der Waals surface area contributed by atoms with Gasteiger partial charge in [0, 0.05) is 25.9 Å². The van der Waals surface area contributed by atoms with Crippen LogP contribution in [0.15, 0.2) is 0 Å². The molecule has 2 unspecified atom stereocenters. The molecule has 2 heterocycles. The third kappa shape index (κ3) is 4.17. The van der Waals surface area contributed by atoms with E-state index in [0.29, 0.717) is 11.5 Å². The Labute approximate surface area is 118 Å². The van der Waals surface area contributed by atoms with Crippen molar-refractivity contribution in [1.82, 2.24) is 5.32 Å². The molecule has 0 aliphatic carbocycles. The molecule has 2 fully saturated rings. The maximum absolute atomic E-state index is 6.15. The standard InChI is InChI=1S/C16H31NO2/c1-15(2,3)12-14(17-4)13-5-8-19-16(11-13)6-9-18-10-7-16/h13-14,17H,5-12H2,1-4H3. The largest absolute Gasteiger partial charge is 0.381 e. The van der Waals surface area contributed by atoms with Crippen molar-refractivity contribution in [1.29, 1.82) is 0 Å². The summed E-state index contributed by atoms with van der Waals surface area (Å²) in [6, 6.07) is 0.614. The van der Waals surface area contributed by atoms with Crippen LogP contribution in [-0.4, -0.2) is 38.5 Å². The first-order valence-electron chi connectivity index (χ1n) is 7.83. The lowest BCUT2D eigenvalue weighted by Gasteiger charge is -2.46. The van der Waals surface area contributed by atoms with Crippen LogP contribution in [-0.2, 0) is 9.47 Å². The SMILES string of the molecule is CNC(CC(C)(C)C)C1CCOC2(CCOCC2)C1. The predicted octanol–water partition coefficient (Wildman–Crippen LogP) is 2.99. The molecule has 2 aliphatic heterocycles. The first-order valence-corrected chi connectivity index (χ1v) is 7.83. The summed E-state index contributed by atoms with van der Waals surface area (Å²) in [4.78, 5) is 0. The van der Waals surface area contributed by atoms with Crippen LogP contribution in [0.25, 0.3) is 0 Å². The van der Waals surface area contributed by atoms with Gasteiger partial charge >= 0.3 is 0 Å². The van der Waals surface area contributed by atoms with Gasteiger partial charge in [0.1, 0.15) is 0 Å². The Balaban J connectivity index is 1.98. The lowest BCUT2D eigenvalue weighted by Crippen LogP contribution is -2.49. The van der Waals surface area contributed by atoms with E-state index in [1.54, 1.807) is 0 Å². The van der Waals surface area contributed by atoms with Crippen molar-refractivity contribution in [2.45, 2.75) is 64.5 Å². The van der Waals surface area contributed by atoms with Crippen molar-refractivity contribution in [2.75, 3.05) is 26.9 Å². The Kier molecular flexibility index (Phi) is 4.91. The van der Waals surface area contributed by atoms with Crippen molar-refractivity contribution in [2.24, 2.45) is 11.3 Å². The van der Waals surface area contributed by atoms with Gasteiger partial charge in [-0.05, 0) is 50.5 Å². The van der Waals surface area contributed by atoms with E-state index < -0.39 is 0 Å². The second-order valence-electron chi connectivity index (χ2n) is 7.56. The van der Waals surface area contributed by atoms with E-state index in [4.69, 9.17) is 9.47 Å². The summed E-state index contributed by atoms with van der Waals surface area (Å²) in [5.74, 6) is 0.746. The summed E-state index contributed by atoms with van der Waals surface area (Å²) < 4.78 is 11.7. The highest BCUT2D eigenvalue weighted by atomic mass is 16.5. The minimum Gasteiger partial charge on any atom is -0.381 e. The van der Waals surface area contributed by atoms with Gasteiger partial charge in [0.2, 0.25) is 0 Å². The molecule has 1 N–H and O–H groups in total. The van der Waals surface area contributed by atoms with Gasteiger partial charge < -0.3 is 14.8 Å². The molecule has 3 heteroatoms. The summed E-state index contributed by atoms with van der Waals surface area (Å²) >= 11 is 0. The fourth-order valence-electron chi connectivity index (χ4n) is 3.67. The van der Waals surface area contributed by atoms with Crippen LogP contribution in [0.5, 0.6) is 0 Å². The van der Waals surface area contributed by atoms with Crippen LogP contribution >= 0.6 is 0 Å². The third-order valence-corrected chi connectivity index (χ3v) is 4.71. The van der Waals surface area contributed by atoms with Gasteiger partial charge in [-0.2, -0.15) is 0 Å². The molecule has 0 radical (unpaired) electrons. The van der Waals surface area contributed by atoms with Gasteiger partial charge in [-0.25, -0.2) is 0 Å². The van der Waals surface area contributed by atoms with Crippen LogP contribution in [0.1, 0.15) is 52.9 Å². The number of hydrogen-bond donors (Lipinski definition) is 1. The number of nitrogens with one attached hydrogen (secondary N) is 1. The molecule has 0 aromatic heterocycles. The number of hydrogen-bond acceptors (Lipinski definition) is 3. The average molecular weight is 269 g/mol.